The molecule has 1 aromatic heterocycles. The highest BCUT2D eigenvalue weighted by molar-refractivity contribution is 7.91. The smallest absolute Gasteiger partial charge is 0.416 e. The van der Waals surface area contributed by atoms with E-state index in [9.17, 15) is 39.6 Å². The maximum Gasteiger partial charge on any atom is 0.416 e. The lowest BCUT2D eigenvalue weighted by molar-refractivity contribution is -0.143. The predicted octanol–water partition coefficient (Wildman–Crippen LogP) is 7.07. The number of rotatable bonds is 9. The van der Waals surface area contributed by atoms with Crippen LogP contribution in [0.1, 0.15) is 11.1 Å². The van der Waals surface area contributed by atoms with Crippen molar-refractivity contribution in [3.63, 3.8) is 0 Å². The molecule has 0 unspecified atom stereocenters. The van der Waals surface area contributed by atoms with Crippen LogP contribution >= 0.6 is 11.3 Å². The van der Waals surface area contributed by atoms with E-state index in [1.54, 1.807) is 53.9 Å². The molecule has 1 aliphatic rings. The van der Waals surface area contributed by atoms with Crippen molar-refractivity contribution in [3.8, 4) is 34.1 Å². The van der Waals surface area contributed by atoms with Gasteiger partial charge >= 0.3 is 18.4 Å². The van der Waals surface area contributed by atoms with Gasteiger partial charge in [0.15, 0.2) is 11.5 Å². The Morgan fingerprint density at radius 3 is 2.24 bits per heavy atom. The molecule has 2 heterocycles. The van der Waals surface area contributed by atoms with Gasteiger partial charge in [-0.2, -0.15) is 26.3 Å². The highest BCUT2D eigenvalue weighted by Crippen LogP contribution is 2.42. The van der Waals surface area contributed by atoms with Gasteiger partial charge in [-0.1, -0.05) is 18.2 Å². The number of sulfonamides is 1. The number of amides is 2. The van der Waals surface area contributed by atoms with E-state index in [1.165, 1.54) is 0 Å². The number of hydrogen-bond donors (Lipinski definition) is 3. The molecule has 0 saturated carbocycles. The molecular formula is C28H21F6N3O6S2. The average molecular weight is 674 g/mol. The minimum absolute atomic E-state index is 0.0580. The van der Waals surface area contributed by atoms with E-state index < -0.39 is 45.2 Å². The minimum Gasteiger partial charge on any atom is -0.457 e. The number of fused-ring (bicyclic) bond motifs is 1. The Morgan fingerprint density at radius 1 is 0.844 bits per heavy atom. The van der Waals surface area contributed by atoms with E-state index in [2.05, 4.69) is 10.0 Å². The first kappa shape index (κ1) is 31.9. The van der Waals surface area contributed by atoms with Gasteiger partial charge < -0.3 is 24.8 Å². The third-order valence-corrected chi connectivity index (χ3v) is 9.12. The maximum absolute atomic E-state index is 13.2. The molecule has 0 fully saturated rings. The van der Waals surface area contributed by atoms with E-state index in [1.807, 2.05) is 5.32 Å². The van der Waals surface area contributed by atoms with Gasteiger partial charge in [-0.15, -0.1) is 11.3 Å². The number of para-hydroxylation sites is 1. The molecule has 0 radical (unpaired) electrons. The summed E-state index contributed by atoms with van der Waals surface area (Å²) in [5.74, 6) is 1.84. The maximum atomic E-state index is 13.2. The van der Waals surface area contributed by atoms with E-state index in [-0.39, 0.29) is 30.2 Å². The molecule has 238 valence electrons. The zero-order chi connectivity index (χ0) is 32.4. The van der Waals surface area contributed by atoms with Gasteiger partial charge in [0.25, 0.3) is 10.0 Å². The number of nitrogens with one attached hydrogen (secondary N) is 3. The van der Waals surface area contributed by atoms with Crippen LogP contribution in [0.3, 0.4) is 0 Å². The predicted molar refractivity (Wildman–Crippen MR) is 151 cm³/mol. The fraction of sp³-hybridized carbons (Fsp3) is 0.179. The Hall–Kier alpha value is -4.48. The lowest BCUT2D eigenvalue weighted by atomic mass is 10.1. The molecule has 4 aromatic rings. The normalized spacial score (nSPS) is 13.0. The van der Waals surface area contributed by atoms with Gasteiger partial charge in [0.05, 0.1) is 11.1 Å². The number of halogens is 6. The molecule has 0 spiro atoms. The molecule has 17 heteroatoms. The second-order valence-electron chi connectivity index (χ2n) is 9.31. The summed E-state index contributed by atoms with van der Waals surface area (Å²) in [5, 5.41) is 5.67. The molecule has 0 bridgehead atoms. The van der Waals surface area contributed by atoms with Crippen molar-refractivity contribution in [2.24, 2.45) is 0 Å². The Kier molecular flexibility index (Phi) is 8.86. The Balaban J connectivity index is 1.23. The number of carbonyl (C=O) groups excluding carboxylic acids is 1. The van der Waals surface area contributed by atoms with Crippen LogP contribution in [0, 0.1) is 0 Å². The van der Waals surface area contributed by atoms with Gasteiger partial charge in [-0.3, -0.25) is 0 Å². The molecular weight excluding hydrogens is 652 g/mol. The molecule has 9 nitrogen and oxygen atoms in total. The van der Waals surface area contributed by atoms with Gasteiger partial charge in [-0.05, 0) is 47.8 Å². The third kappa shape index (κ3) is 7.61. The van der Waals surface area contributed by atoms with Gasteiger partial charge in [0, 0.05) is 36.0 Å². The number of urea groups is 1. The number of thiophene rings is 1. The summed E-state index contributed by atoms with van der Waals surface area (Å²) < 4.78 is 124. The lowest BCUT2D eigenvalue weighted by Crippen LogP contribution is -2.36. The van der Waals surface area contributed by atoms with Crippen molar-refractivity contribution in [1.29, 1.82) is 0 Å². The Bertz CT molecular complexity index is 1790. The molecule has 5 rings (SSSR count). The number of anilines is 1. The topological polar surface area (TPSA) is 115 Å². The van der Waals surface area contributed by atoms with Gasteiger partial charge in [0.1, 0.15) is 15.7 Å². The standard InChI is InChI=1S/C28H21F6N3O6S2/c29-27(30,31)16-11-17(28(32,33)34)13-18(12-16)37-26(38)35-8-9-36-45(39,40)25-21(7-10-44-25)20-3-1-2-4-22(20)43-19-5-6-23-24(14-19)42-15-41-23/h1-7,10-14,36H,8-9,15H2,(H2,35,37,38). The van der Waals surface area contributed by atoms with Crippen LogP contribution in [0.5, 0.6) is 23.0 Å². The second kappa shape index (κ2) is 12.5. The summed E-state index contributed by atoms with van der Waals surface area (Å²) in [6, 6.07) is 12.8. The summed E-state index contributed by atoms with van der Waals surface area (Å²) in [4.78, 5) is 12.2. The van der Waals surface area contributed by atoms with Gasteiger partial charge in [0.2, 0.25) is 6.79 Å². The summed E-state index contributed by atoms with van der Waals surface area (Å²) in [7, 11) is -4.14. The summed E-state index contributed by atoms with van der Waals surface area (Å²) in [5.41, 5.74) is -3.15. The van der Waals surface area contributed by atoms with Crippen molar-refractivity contribution in [3.05, 3.63) is 83.2 Å². The number of ether oxygens (including phenoxy) is 3. The molecule has 3 aromatic carbocycles. The molecule has 0 saturated heterocycles. The van der Waals surface area contributed by atoms with E-state index in [0.717, 1.165) is 11.3 Å². The van der Waals surface area contributed by atoms with Crippen LogP contribution in [0.15, 0.2) is 76.3 Å². The van der Waals surface area contributed by atoms with Crippen molar-refractivity contribution in [1.82, 2.24) is 10.0 Å². The van der Waals surface area contributed by atoms with Crippen LogP contribution in [-0.2, 0) is 22.4 Å². The van der Waals surface area contributed by atoms with Crippen LogP contribution < -0.4 is 29.6 Å². The van der Waals surface area contributed by atoms with Crippen LogP contribution in [0.4, 0.5) is 36.8 Å². The van der Waals surface area contributed by atoms with Crippen LogP contribution in [-0.4, -0.2) is 34.3 Å². The van der Waals surface area contributed by atoms with Crippen molar-refractivity contribution in [2.75, 3.05) is 25.2 Å². The highest BCUT2D eigenvalue weighted by atomic mass is 32.2. The van der Waals surface area contributed by atoms with Crippen molar-refractivity contribution >= 4 is 33.1 Å². The zero-order valence-corrected chi connectivity index (χ0v) is 24.2. The molecule has 0 atom stereocenters. The Labute approximate surface area is 255 Å². The van der Waals surface area contributed by atoms with Crippen molar-refractivity contribution < 1.29 is 53.8 Å². The SMILES string of the molecule is O=C(NCCNS(=O)(=O)c1sccc1-c1ccccc1Oc1ccc2c(c1)OCO2)Nc1cc(C(F)(F)F)cc(C(F)(F)F)c1. The van der Waals surface area contributed by atoms with Crippen molar-refractivity contribution in [2.45, 2.75) is 16.6 Å². The largest absolute Gasteiger partial charge is 0.457 e. The van der Waals surface area contributed by atoms with Crippen LogP contribution in [0.2, 0.25) is 0 Å². The zero-order valence-electron chi connectivity index (χ0n) is 22.6. The van der Waals surface area contributed by atoms with Gasteiger partial charge in [-0.25, -0.2) is 17.9 Å². The number of alkyl halides is 6. The number of hydrogen-bond acceptors (Lipinski definition) is 7. The fourth-order valence-electron chi connectivity index (χ4n) is 4.18. The fourth-order valence-corrected chi connectivity index (χ4v) is 6.63. The van der Waals surface area contributed by atoms with E-state index in [0.29, 0.717) is 46.3 Å². The minimum atomic E-state index is -5.09. The van der Waals surface area contributed by atoms with E-state index >= 15 is 0 Å². The summed E-state index contributed by atoms with van der Waals surface area (Å²) in [6.45, 7) is -0.614. The molecule has 45 heavy (non-hydrogen) atoms. The average Bonchev–Trinajstić information content (AvgIpc) is 3.65. The molecule has 0 aliphatic carbocycles. The van der Waals surface area contributed by atoms with Crippen LogP contribution in [0.25, 0.3) is 11.1 Å². The number of benzene rings is 3. The Morgan fingerprint density at radius 2 is 1.53 bits per heavy atom. The monoisotopic (exact) mass is 673 g/mol. The third-order valence-electron chi connectivity index (χ3n) is 6.17. The molecule has 3 N–H and O–H groups in total. The highest BCUT2D eigenvalue weighted by Gasteiger charge is 2.37. The van der Waals surface area contributed by atoms with E-state index in [4.69, 9.17) is 14.2 Å². The first-order valence-corrected chi connectivity index (χ1v) is 15.2. The first-order chi connectivity index (χ1) is 21.2. The summed E-state index contributed by atoms with van der Waals surface area (Å²) in [6.07, 6.45) is -10.2. The lowest BCUT2D eigenvalue weighted by Gasteiger charge is -2.15. The number of carbonyl (C=O) groups is 1. The molecule has 2 amide bonds. The summed E-state index contributed by atoms with van der Waals surface area (Å²) >= 11 is 0.929. The first-order valence-electron chi connectivity index (χ1n) is 12.8. The molecule has 1 aliphatic heterocycles. The second-order valence-corrected chi connectivity index (χ2v) is 12.2. The quantitative estimate of drug-likeness (QED) is 0.129.